The molecule has 24 heavy (non-hydrogen) atoms. The van der Waals surface area contributed by atoms with E-state index in [0.29, 0.717) is 13.0 Å². The second-order valence-corrected chi connectivity index (χ2v) is 5.80. The van der Waals surface area contributed by atoms with Gasteiger partial charge in [-0.2, -0.15) is 0 Å². The maximum Gasteiger partial charge on any atom is 0.243 e. The molecule has 0 unspecified atom stereocenters. The molecule has 0 fully saturated rings. The van der Waals surface area contributed by atoms with Gasteiger partial charge in [0.1, 0.15) is 0 Å². The summed E-state index contributed by atoms with van der Waals surface area (Å²) in [5.41, 5.74) is 6.18. The second kappa shape index (κ2) is 9.67. The minimum absolute atomic E-state index is 0.00907. The molecule has 0 aromatic heterocycles. The first-order valence-electron chi connectivity index (χ1n) is 8.45. The molecule has 0 heterocycles. The molecule has 4 N–H and O–H groups in total. The third kappa shape index (κ3) is 5.66. The Morgan fingerprint density at radius 2 is 1.62 bits per heavy atom. The minimum Gasteiger partial charge on any atom is -0.347 e. The largest absolute Gasteiger partial charge is 0.347 e. The fourth-order valence-corrected chi connectivity index (χ4v) is 2.58. The van der Waals surface area contributed by atoms with Gasteiger partial charge in [0.25, 0.3) is 0 Å². The Morgan fingerprint density at radius 3 is 2.46 bits per heavy atom. The van der Waals surface area contributed by atoms with Crippen LogP contribution in [-0.4, -0.2) is 24.9 Å². The monoisotopic (exact) mass is 327 g/mol. The Balaban J connectivity index is 1.76. The molecule has 0 saturated carbocycles. The van der Waals surface area contributed by atoms with Crippen molar-refractivity contribution in [2.75, 3.05) is 18.4 Å². The highest BCUT2D eigenvalue weighted by molar-refractivity contribution is 6.03. The first kappa shape index (κ1) is 17.9. The minimum atomic E-state index is -0.220. The van der Waals surface area contributed by atoms with Crippen molar-refractivity contribution in [1.29, 1.82) is 0 Å². The fourth-order valence-electron chi connectivity index (χ4n) is 2.58. The predicted octanol–water partition coefficient (Wildman–Crippen LogP) is 2.80. The molecule has 0 bridgehead atoms. The normalized spacial score (nSPS) is 10.5. The van der Waals surface area contributed by atoms with Crippen molar-refractivity contribution in [2.24, 2.45) is 5.73 Å². The van der Waals surface area contributed by atoms with Gasteiger partial charge in [-0.1, -0.05) is 49.2 Å². The van der Waals surface area contributed by atoms with E-state index < -0.39 is 0 Å². The number of benzene rings is 2. The van der Waals surface area contributed by atoms with E-state index in [1.165, 1.54) is 0 Å². The smallest absolute Gasteiger partial charge is 0.243 e. The third-order valence-electron chi connectivity index (χ3n) is 3.87. The van der Waals surface area contributed by atoms with Crippen molar-refractivity contribution in [3.63, 3.8) is 0 Å². The van der Waals surface area contributed by atoms with Crippen molar-refractivity contribution >= 4 is 28.3 Å². The van der Waals surface area contributed by atoms with Crippen LogP contribution in [-0.2, 0) is 9.59 Å². The Kier molecular flexibility index (Phi) is 7.23. The molecule has 0 aliphatic carbocycles. The number of anilines is 1. The Bertz CT molecular complexity index is 680. The zero-order chi connectivity index (χ0) is 17.2. The van der Waals surface area contributed by atoms with Gasteiger partial charge < -0.3 is 16.4 Å². The second-order valence-electron chi connectivity index (χ2n) is 5.80. The molecule has 2 aromatic carbocycles. The zero-order valence-corrected chi connectivity index (χ0v) is 13.9. The summed E-state index contributed by atoms with van der Waals surface area (Å²) in [4.78, 5) is 23.8. The van der Waals surface area contributed by atoms with Gasteiger partial charge in [-0.15, -0.1) is 0 Å². The summed E-state index contributed by atoms with van der Waals surface area (Å²) in [6.07, 6.45) is 4.32. The zero-order valence-electron chi connectivity index (χ0n) is 13.9. The predicted molar refractivity (Wildman–Crippen MR) is 97.7 cm³/mol. The SMILES string of the molecule is NCCCCCCC(=O)NCC(=O)Nc1cccc2ccccc12. The molecule has 0 aliphatic rings. The number of rotatable bonds is 9. The number of carbonyl (C=O) groups excluding carboxylic acids is 2. The molecule has 0 saturated heterocycles. The Labute approximate surface area is 142 Å². The molecular weight excluding hydrogens is 302 g/mol. The van der Waals surface area contributed by atoms with E-state index in [0.717, 1.165) is 42.1 Å². The van der Waals surface area contributed by atoms with Crippen LogP contribution in [0.4, 0.5) is 5.69 Å². The van der Waals surface area contributed by atoms with Crippen LogP contribution in [0.1, 0.15) is 32.1 Å². The van der Waals surface area contributed by atoms with E-state index in [4.69, 9.17) is 5.73 Å². The highest BCUT2D eigenvalue weighted by Crippen LogP contribution is 2.22. The van der Waals surface area contributed by atoms with Gasteiger partial charge in [-0.05, 0) is 30.8 Å². The topological polar surface area (TPSA) is 84.2 Å². The molecule has 2 amide bonds. The van der Waals surface area contributed by atoms with Crippen LogP contribution in [0.5, 0.6) is 0 Å². The van der Waals surface area contributed by atoms with Crippen molar-refractivity contribution in [3.05, 3.63) is 42.5 Å². The quantitative estimate of drug-likeness (QED) is 0.619. The van der Waals surface area contributed by atoms with Crippen molar-refractivity contribution in [1.82, 2.24) is 5.32 Å². The number of unbranched alkanes of at least 4 members (excludes halogenated alkanes) is 3. The van der Waals surface area contributed by atoms with Crippen LogP contribution in [0, 0.1) is 0 Å². The van der Waals surface area contributed by atoms with Crippen LogP contribution in [0.25, 0.3) is 10.8 Å². The van der Waals surface area contributed by atoms with Crippen LogP contribution in [0.15, 0.2) is 42.5 Å². The number of fused-ring (bicyclic) bond motifs is 1. The number of hydrogen-bond acceptors (Lipinski definition) is 3. The lowest BCUT2D eigenvalue weighted by molar-refractivity contribution is -0.124. The summed E-state index contributed by atoms with van der Waals surface area (Å²) in [5.74, 6) is -0.307. The van der Waals surface area contributed by atoms with Crippen LogP contribution < -0.4 is 16.4 Å². The van der Waals surface area contributed by atoms with E-state index in [9.17, 15) is 9.59 Å². The number of hydrogen-bond donors (Lipinski definition) is 3. The maximum atomic E-state index is 12.0. The molecule has 128 valence electrons. The van der Waals surface area contributed by atoms with E-state index in [-0.39, 0.29) is 18.4 Å². The summed E-state index contributed by atoms with van der Waals surface area (Å²) < 4.78 is 0. The number of carbonyl (C=O) groups is 2. The summed E-state index contributed by atoms with van der Waals surface area (Å²) in [6, 6.07) is 13.6. The highest BCUT2D eigenvalue weighted by atomic mass is 16.2. The van der Waals surface area contributed by atoms with Gasteiger partial charge in [0.15, 0.2) is 0 Å². The number of amides is 2. The summed E-state index contributed by atoms with van der Waals surface area (Å²) >= 11 is 0. The van der Waals surface area contributed by atoms with Gasteiger partial charge in [0, 0.05) is 17.5 Å². The highest BCUT2D eigenvalue weighted by Gasteiger charge is 2.07. The lowest BCUT2D eigenvalue weighted by Gasteiger charge is -2.09. The third-order valence-corrected chi connectivity index (χ3v) is 3.87. The molecule has 5 nitrogen and oxygen atoms in total. The summed E-state index contributed by atoms with van der Waals surface area (Å²) in [7, 11) is 0. The van der Waals surface area contributed by atoms with Crippen LogP contribution in [0.3, 0.4) is 0 Å². The molecule has 0 spiro atoms. The van der Waals surface area contributed by atoms with Gasteiger partial charge >= 0.3 is 0 Å². The average molecular weight is 327 g/mol. The summed E-state index contributed by atoms with van der Waals surface area (Å²) in [5, 5.41) is 7.57. The molecular formula is C19H25N3O2. The van der Waals surface area contributed by atoms with Gasteiger partial charge in [0.2, 0.25) is 11.8 Å². The first-order valence-corrected chi connectivity index (χ1v) is 8.45. The van der Waals surface area contributed by atoms with Crippen molar-refractivity contribution < 1.29 is 9.59 Å². The number of nitrogens with one attached hydrogen (secondary N) is 2. The molecule has 5 heteroatoms. The summed E-state index contributed by atoms with van der Waals surface area (Å²) in [6.45, 7) is 0.686. The van der Waals surface area contributed by atoms with E-state index in [1.807, 2.05) is 42.5 Å². The fraction of sp³-hybridized carbons (Fsp3) is 0.368. The van der Waals surface area contributed by atoms with Crippen LogP contribution in [0.2, 0.25) is 0 Å². The maximum absolute atomic E-state index is 12.0. The van der Waals surface area contributed by atoms with Crippen LogP contribution >= 0.6 is 0 Å². The molecule has 0 radical (unpaired) electrons. The van der Waals surface area contributed by atoms with E-state index in [2.05, 4.69) is 10.6 Å². The van der Waals surface area contributed by atoms with Gasteiger partial charge in [-0.25, -0.2) is 0 Å². The first-order chi connectivity index (χ1) is 11.7. The Morgan fingerprint density at radius 1 is 0.875 bits per heavy atom. The van der Waals surface area contributed by atoms with Crippen molar-refractivity contribution in [3.8, 4) is 0 Å². The lowest BCUT2D eigenvalue weighted by Crippen LogP contribution is -2.32. The van der Waals surface area contributed by atoms with Crippen molar-refractivity contribution in [2.45, 2.75) is 32.1 Å². The van der Waals surface area contributed by atoms with E-state index in [1.54, 1.807) is 0 Å². The molecule has 0 atom stereocenters. The van der Waals surface area contributed by atoms with Gasteiger partial charge in [-0.3, -0.25) is 9.59 Å². The molecule has 2 aromatic rings. The Hall–Kier alpha value is -2.40. The number of nitrogens with two attached hydrogens (primary N) is 1. The van der Waals surface area contributed by atoms with Gasteiger partial charge in [0.05, 0.1) is 6.54 Å². The molecule has 2 rings (SSSR count). The van der Waals surface area contributed by atoms with E-state index >= 15 is 0 Å². The standard InChI is InChI=1S/C19H25N3O2/c20-13-6-2-1-3-12-18(23)21-14-19(24)22-17-11-7-9-15-8-4-5-10-16(15)17/h4-5,7-11H,1-3,6,12-14,20H2,(H,21,23)(H,22,24). The average Bonchev–Trinajstić information content (AvgIpc) is 2.60. The lowest BCUT2D eigenvalue weighted by atomic mass is 10.1. The molecule has 0 aliphatic heterocycles.